The third-order valence-corrected chi connectivity index (χ3v) is 3.25. The second-order valence-electron chi connectivity index (χ2n) is 4.68. The molecule has 6 nitrogen and oxygen atoms in total. The summed E-state index contributed by atoms with van der Waals surface area (Å²) in [4.78, 5) is 16.4. The fraction of sp³-hybridized carbons (Fsp3) is 0.462. The molecule has 2 rings (SSSR count). The number of nitrogens with one attached hydrogen (secondary N) is 1. The Kier molecular flexibility index (Phi) is 4.79. The van der Waals surface area contributed by atoms with Crippen LogP contribution in [0.3, 0.4) is 0 Å². The van der Waals surface area contributed by atoms with Crippen LogP contribution >= 0.6 is 11.6 Å². The van der Waals surface area contributed by atoms with Gasteiger partial charge in [-0.05, 0) is 31.4 Å². The predicted octanol–water partition coefficient (Wildman–Crippen LogP) is 2.38. The smallest absolute Gasteiger partial charge is 0.274 e. The van der Waals surface area contributed by atoms with Crippen molar-refractivity contribution in [1.82, 2.24) is 15.2 Å². The monoisotopic (exact) mass is 296 g/mol. The highest BCUT2D eigenvalue weighted by Crippen LogP contribution is 2.30. The molecule has 0 saturated heterocycles. The normalized spacial score (nSPS) is 15.0. The number of hydrogen-bond donors (Lipinski definition) is 1. The summed E-state index contributed by atoms with van der Waals surface area (Å²) < 4.78 is 0. The van der Waals surface area contributed by atoms with Crippen molar-refractivity contribution in [3.63, 3.8) is 0 Å². The summed E-state index contributed by atoms with van der Waals surface area (Å²) in [5.74, 6) is 0.551. The summed E-state index contributed by atoms with van der Waals surface area (Å²) in [7, 11) is 0. The molecule has 20 heavy (non-hydrogen) atoms. The minimum absolute atomic E-state index is 0.357. The van der Waals surface area contributed by atoms with Crippen molar-refractivity contribution in [3.8, 4) is 0 Å². The lowest BCUT2D eigenvalue weighted by atomic mass is 10.2. The van der Waals surface area contributed by atoms with Crippen LogP contribution in [0, 0.1) is 10.1 Å². The van der Waals surface area contributed by atoms with E-state index in [4.69, 9.17) is 11.6 Å². The van der Waals surface area contributed by atoms with Gasteiger partial charge in [-0.25, -0.2) is 4.98 Å². The Morgan fingerprint density at radius 3 is 2.90 bits per heavy atom. The van der Waals surface area contributed by atoms with Gasteiger partial charge in [0.25, 0.3) is 6.20 Å². The average Bonchev–Trinajstić information content (AvgIpc) is 3.21. The van der Waals surface area contributed by atoms with Crippen molar-refractivity contribution in [1.29, 1.82) is 0 Å². The van der Waals surface area contributed by atoms with Crippen molar-refractivity contribution >= 4 is 11.6 Å². The van der Waals surface area contributed by atoms with E-state index in [2.05, 4.69) is 10.3 Å². The van der Waals surface area contributed by atoms with Gasteiger partial charge in [0.1, 0.15) is 5.15 Å². The van der Waals surface area contributed by atoms with Crippen LogP contribution in [0.5, 0.6) is 0 Å². The Labute approximate surface area is 122 Å². The zero-order chi connectivity index (χ0) is 14.5. The quantitative estimate of drug-likeness (QED) is 0.475. The molecule has 0 spiro atoms. The first-order valence-electron chi connectivity index (χ1n) is 6.56. The summed E-state index contributed by atoms with van der Waals surface area (Å²) >= 11 is 5.77. The highest BCUT2D eigenvalue weighted by Gasteiger charge is 2.31. The second kappa shape index (κ2) is 6.56. The van der Waals surface area contributed by atoms with Gasteiger partial charge in [-0.3, -0.25) is 10.1 Å². The summed E-state index contributed by atoms with van der Waals surface area (Å²) in [6.07, 6.45) is 4.85. The number of hydrogen-bond acceptors (Lipinski definition) is 5. The van der Waals surface area contributed by atoms with E-state index in [9.17, 15) is 10.1 Å². The minimum Gasteiger partial charge on any atom is -0.367 e. The van der Waals surface area contributed by atoms with Crippen LogP contribution in [0.15, 0.2) is 30.4 Å². The van der Waals surface area contributed by atoms with Gasteiger partial charge in [0.15, 0.2) is 5.82 Å². The summed E-state index contributed by atoms with van der Waals surface area (Å²) in [6, 6.07) is 3.97. The van der Waals surface area contributed by atoms with E-state index in [1.807, 2.05) is 17.9 Å². The van der Waals surface area contributed by atoms with Crippen molar-refractivity contribution in [3.05, 3.63) is 51.2 Å². The van der Waals surface area contributed by atoms with Crippen molar-refractivity contribution in [2.75, 3.05) is 6.54 Å². The number of aromatic nitrogens is 1. The topological polar surface area (TPSA) is 71.3 Å². The Morgan fingerprint density at radius 2 is 2.40 bits per heavy atom. The van der Waals surface area contributed by atoms with Crippen LogP contribution in [0.2, 0.25) is 5.15 Å². The SMILES string of the molecule is CCN/C(=C\[N+](=O)[O-])N(Cc1ccc(Cl)nc1)C1CC1. The number of nitro groups is 1. The van der Waals surface area contributed by atoms with Gasteiger partial charge >= 0.3 is 0 Å². The zero-order valence-electron chi connectivity index (χ0n) is 11.3. The fourth-order valence-electron chi connectivity index (χ4n) is 2.00. The van der Waals surface area contributed by atoms with E-state index < -0.39 is 4.92 Å². The van der Waals surface area contributed by atoms with E-state index in [1.165, 1.54) is 0 Å². The molecule has 1 aliphatic carbocycles. The molecular formula is C13H17ClN4O2. The lowest BCUT2D eigenvalue weighted by Crippen LogP contribution is -2.33. The minimum atomic E-state index is -0.423. The summed E-state index contributed by atoms with van der Waals surface area (Å²) in [5.41, 5.74) is 0.980. The highest BCUT2D eigenvalue weighted by molar-refractivity contribution is 6.29. The predicted molar refractivity (Wildman–Crippen MR) is 76.6 cm³/mol. The van der Waals surface area contributed by atoms with Gasteiger partial charge in [0.2, 0.25) is 0 Å². The van der Waals surface area contributed by atoms with Crippen LogP contribution in [0.1, 0.15) is 25.3 Å². The van der Waals surface area contributed by atoms with Crippen LogP contribution < -0.4 is 5.32 Å². The lowest BCUT2D eigenvalue weighted by Gasteiger charge is -2.26. The molecule has 0 aromatic carbocycles. The van der Waals surface area contributed by atoms with Gasteiger partial charge in [-0.15, -0.1) is 0 Å². The Hall–Kier alpha value is -1.82. The van der Waals surface area contributed by atoms with Crippen molar-refractivity contribution in [2.45, 2.75) is 32.4 Å². The molecular weight excluding hydrogens is 280 g/mol. The molecule has 1 aromatic rings. The number of halogens is 1. The molecule has 7 heteroatoms. The standard InChI is InChI=1S/C13H17ClN4O2/c1-2-15-13(9-18(19)20)17(11-4-5-11)8-10-3-6-12(14)16-7-10/h3,6-7,9,11,15H,2,4-5,8H2,1H3/b13-9+. The molecule has 1 aromatic heterocycles. The third-order valence-electron chi connectivity index (χ3n) is 3.02. The van der Waals surface area contributed by atoms with E-state index in [0.717, 1.165) is 24.6 Å². The Morgan fingerprint density at radius 1 is 1.65 bits per heavy atom. The summed E-state index contributed by atoms with van der Waals surface area (Å²) in [6.45, 7) is 3.14. The number of pyridine rings is 1. The fourth-order valence-corrected chi connectivity index (χ4v) is 2.11. The van der Waals surface area contributed by atoms with Crippen molar-refractivity contribution < 1.29 is 4.92 Å². The highest BCUT2D eigenvalue weighted by atomic mass is 35.5. The van der Waals surface area contributed by atoms with Crippen LogP contribution in [0.4, 0.5) is 0 Å². The molecule has 1 heterocycles. The number of rotatable bonds is 7. The lowest BCUT2D eigenvalue weighted by molar-refractivity contribution is -0.404. The number of nitrogens with zero attached hydrogens (tertiary/aromatic N) is 3. The molecule has 0 atom stereocenters. The molecule has 1 fully saturated rings. The molecule has 0 bridgehead atoms. The first kappa shape index (κ1) is 14.6. The van der Waals surface area contributed by atoms with Gasteiger partial charge in [-0.2, -0.15) is 0 Å². The van der Waals surface area contributed by atoms with Gasteiger partial charge in [0, 0.05) is 25.3 Å². The van der Waals surface area contributed by atoms with Gasteiger partial charge in [0.05, 0.1) is 4.92 Å². The van der Waals surface area contributed by atoms with E-state index in [0.29, 0.717) is 30.1 Å². The largest absolute Gasteiger partial charge is 0.367 e. The van der Waals surface area contributed by atoms with E-state index in [-0.39, 0.29) is 0 Å². The molecule has 0 unspecified atom stereocenters. The molecule has 1 saturated carbocycles. The first-order chi connectivity index (χ1) is 9.60. The Bertz CT molecular complexity index is 500. The maximum Gasteiger partial charge on any atom is 0.274 e. The molecule has 1 N–H and O–H groups in total. The third kappa shape index (κ3) is 4.09. The molecule has 0 amide bonds. The molecule has 108 valence electrons. The van der Waals surface area contributed by atoms with E-state index >= 15 is 0 Å². The molecule has 0 aliphatic heterocycles. The zero-order valence-corrected chi connectivity index (χ0v) is 12.0. The van der Waals surface area contributed by atoms with Gasteiger partial charge in [-0.1, -0.05) is 17.7 Å². The molecule has 1 aliphatic rings. The van der Waals surface area contributed by atoms with Crippen LogP contribution in [-0.2, 0) is 6.54 Å². The second-order valence-corrected chi connectivity index (χ2v) is 5.07. The molecule has 0 radical (unpaired) electrons. The maximum absolute atomic E-state index is 10.8. The van der Waals surface area contributed by atoms with Gasteiger partial charge < -0.3 is 10.2 Å². The van der Waals surface area contributed by atoms with Crippen molar-refractivity contribution in [2.24, 2.45) is 0 Å². The Balaban J connectivity index is 2.16. The maximum atomic E-state index is 10.8. The van der Waals surface area contributed by atoms with Crippen LogP contribution in [-0.4, -0.2) is 27.4 Å². The van der Waals surface area contributed by atoms with E-state index in [1.54, 1.807) is 12.3 Å². The first-order valence-corrected chi connectivity index (χ1v) is 6.94. The van der Waals surface area contributed by atoms with Crippen LogP contribution in [0.25, 0.3) is 0 Å². The average molecular weight is 297 g/mol. The summed E-state index contributed by atoms with van der Waals surface area (Å²) in [5, 5.41) is 14.3.